The summed E-state index contributed by atoms with van der Waals surface area (Å²) in [5.74, 6) is 0.179. The number of thiophene rings is 1. The Bertz CT molecular complexity index is 3330. The minimum Gasteiger partial charge on any atom is -0.309 e. The topological polar surface area (TPSA) is 4.93 Å². The molecular formula is C53H33NS. The van der Waals surface area contributed by atoms with E-state index >= 15 is 0 Å². The van der Waals surface area contributed by atoms with Crippen LogP contribution in [0.15, 0.2) is 194 Å². The molecule has 0 saturated carbocycles. The van der Waals surface area contributed by atoms with Gasteiger partial charge in [0, 0.05) is 42.6 Å². The molecule has 0 fully saturated rings. The average molecular weight is 716 g/mol. The summed E-state index contributed by atoms with van der Waals surface area (Å²) < 4.78 is 5.08. The van der Waals surface area contributed by atoms with Crippen molar-refractivity contribution in [3.8, 4) is 39.1 Å². The van der Waals surface area contributed by atoms with Gasteiger partial charge >= 0.3 is 0 Å². The third kappa shape index (κ3) is 4.65. The molecule has 256 valence electrons. The van der Waals surface area contributed by atoms with Gasteiger partial charge in [-0.05, 0) is 109 Å². The third-order valence-corrected chi connectivity index (χ3v) is 13.0. The van der Waals surface area contributed by atoms with Gasteiger partial charge in [0.05, 0.1) is 11.0 Å². The fraction of sp³-hybridized carbons (Fsp3) is 0.0189. The molecule has 0 saturated heterocycles. The van der Waals surface area contributed by atoms with Gasteiger partial charge in [0.15, 0.2) is 0 Å². The van der Waals surface area contributed by atoms with Crippen molar-refractivity contribution < 1.29 is 0 Å². The smallest absolute Gasteiger partial charge is 0.0547 e. The van der Waals surface area contributed by atoms with Gasteiger partial charge in [0.25, 0.3) is 0 Å². The molecular weight excluding hydrogens is 683 g/mol. The first-order chi connectivity index (χ1) is 27.3. The van der Waals surface area contributed by atoms with Gasteiger partial charge in [-0.2, -0.15) is 0 Å². The van der Waals surface area contributed by atoms with Crippen LogP contribution in [-0.4, -0.2) is 4.57 Å². The minimum atomic E-state index is 0.179. The van der Waals surface area contributed by atoms with Gasteiger partial charge in [-0.1, -0.05) is 146 Å². The van der Waals surface area contributed by atoms with Crippen LogP contribution in [0.5, 0.6) is 0 Å². The van der Waals surface area contributed by atoms with Crippen LogP contribution < -0.4 is 0 Å². The summed E-state index contributed by atoms with van der Waals surface area (Å²) >= 11 is 1.88. The Kier molecular flexibility index (Phi) is 6.63. The van der Waals surface area contributed by atoms with Crippen molar-refractivity contribution in [3.05, 3.63) is 211 Å². The first-order valence-corrected chi connectivity index (χ1v) is 19.9. The lowest BCUT2D eigenvalue weighted by Gasteiger charge is -2.16. The Hall–Kier alpha value is -6.74. The molecule has 55 heavy (non-hydrogen) atoms. The maximum atomic E-state index is 2.42. The van der Waals surface area contributed by atoms with E-state index in [9.17, 15) is 0 Å². The van der Waals surface area contributed by atoms with E-state index in [1.165, 1.54) is 109 Å². The zero-order valence-electron chi connectivity index (χ0n) is 29.9. The lowest BCUT2D eigenvalue weighted by atomic mass is 9.87. The van der Waals surface area contributed by atoms with Gasteiger partial charge in [-0.3, -0.25) is 0 Å². The fourth-order valence-corrected chi connectivity index (χ4v) is 10.5. The number of nitrogens with zero attached hydrogens (tertiary/aromatic N) is 1. The Balaban J connectivity index is 0.953. The van der Waals surface area contributed by atoms with Crippen LogP contribution in [0, 0.1) is 0 Å². The Morgan fingerprint density at radius 3 is 2.00 bits per heavy atom. The van der Waals surface area contributed by atoms with E-state index in [4.69, 9.17) is 0 Å². The quantitative estimate of drug-likeness (QED) is 0.171. The molecule has 11 aromatic rings. The van der Waals surface area contributed by atoms with Crippen molar-refractivity contribution in [2.24, 2.45) is 0 Å². The molecule has 1 nitrogen and oxygen atoms in total. The Morgan fingerprint density at radius 1 is 0.382 bits per heavy atom. The summed E-state index contributed by atoms with van der Waals surface area (Å²) in [6.45, 7) is 0. The third-order valence-electron chi connectivity index (χ3n) is 11.9. The van der Waals surface area contributed by atoms with E-state index in [2.05, 4.69) is 199 Å². The molecule has 1 aliphatic rings. The van der Waals surface area contributed by atoms with Crippen LogP contribution >= 0.6 is 11.3 Å². The lowest BCUT2D eigenvalue weighted by molar-refractivity contribution is 1.02. The van der Waals surface area contributed by atoms with Gasteiger partial charge in [0.1, 0.15) is 0 Å². The van der Waals surface area contributed by atoms with Crippen LogP contribution in [0.25, 0.3) is 91.8 Å². The number of para-hydroxylation sites is 2. The van der Waals surface area contributed by atoms with Crippen LogP contribution in [0.1, 0.15) is 22.6 Å². The maximum absolute atomic E-state index is 2.42. The van der Waals surface area contributed by atoms with E-state index in [0.29, 0.717) is 0 Å². The van der Waals surface area contributed by atoms with Crippen molar-refractivity contribution in [2.45, 2.75) is 5.92 Å². The minimum absolute atomic E-state index is 0.179. The van der Waals surface area contributed by atoms with E-state index in [1.54, 1.807) is 0 Å². The molecule has 1 atom stereocenters. The molecule has 0 N–H and O–H groups in total. The van der Waals surface area contributed by atoms with E-state index in [-0.39, 0.29) is 5.92 Å². The van der Waals surface area contributed by atoms with Crippen LogP contribution in [0.4, 0.5) is 0 Å². The molecule has 12 rings (SSSR count). The largest absolute Gasteiger partial charge is 0.309 e. The second-order valence-electron chi connectivity index (χ2n) is 14.8. The highest BCUT2D eigenvalue weighted by Gasteiger charge is 2.30. The second kappa shape index (κ2) is 11.9. The highest BCUT2D eigenvalue weighted by atomic mass is 32.1. The summed E-state index contributed by atoms with van der Waals surface area (Å²) in [5.41, 5.74) is 15.4. The van der Waals surface area contributed by atoms with Gasteiger partial charge in [-0.25, -0.2) is 0 Å². The van der Waals surface area contributed by atoms with Crippen LogP contribution in [0.3, 0.4) is 0 Å². The highest BCUT2D eigenvalue weighted by molar-refractivity contribution is 7.25. The van der Waals surface area contributed by atoms with E-state index in [0.717, 1.165) is 0 Å². The first kappa shape index (κ1) is 30.7. The molecule has 1 aliphatic carbocycles. The Labute approximate surface area is 323 Å². The number of benzene rings is 9. The van der Waals surface area contributed by atoms with Crippen LogP contribution in [0.2, 0.25) is 0 Å². The summed E-state index contributed by atoms with van der Waals surface area (Å²) in [5, 5.41) is 7.78. The van der Waals surface area contributed by atoms with Crippen molar-refractivity contribution in [3.63, 3.8) is 0 Å². The zero-order valence-corrected chi connectivity index (χ0v) is 30.7. The predicted octanol–water partition coefficient (Wildman–Crippen LogP) is 14.8. The molecule has 2 heterocycles. The van der Waals surface area contributed by atoms with Gasteiger partial charge in [0.2, 0.25) is 0 Å². The van der Waals surface area contributed by atoms with Crippen molar-refractivity contribution in [2.75, 3.05) is 0 Å². The predicted molar refractivity (Wildman–Crippen MR) is 235 cm³/mol. The number of hydrogen-bond donors (Lipinski definition) is 0. The highest BCUT2D eigenvalue weighted by Crippen LogP contribution is 2.50. The SMILES string of the molecule is c1ccc(-n2c3ccccc3c3ccc(-c4ccc5c(c4)-c4ccccc4C5c4ccc5cc(-c6cccc7sc8ccccc8c67)ccc5c4)cc32)cc1. The van der Waals surface area contributed by atoms with Gasteiger partial charge < -0.3 is 4.57 Å². The molecule has 0 spiro atoms. The molecule has 0 radical (unpaired) electrons. The summed E-state index contributed by atoms with van der Waals surface area (Å²) in [6, 6.07) is 72.2. The van der Waals surface area contributed by atoms with Crippen molar-refractivity contribution >= 4 is 64.1 Å². The molecule has 2 aromatic heterocycles. The normalized spacial score (nSPS) is 13.6. The lowest BCUT2D eigenvalue weighted by Crippen LogP contribution is -1.99. The molecule has 0 aliphatic heterocycles. The first-order valence-electron chi connectivity index (χ1n) is 19.0. The van der Waals surface area contributed by atoms with Gasteiger partial charge in [-0.15, -0.1) is 11.3 Å². The zero-order chi connectivity index (χ0) is 36.0. The second-order valence-corrected chi connectivity index (χ2v) is 15.9. The number of aromatic nitrogens is 1. The molecule has 0 bridgehead atoms. The molecule has 1 unspecified atom stereocenters. The van der Waals surface area contributed by atoms with E-state index < -0.39 is 0 Å². The summed E-state index contributed by atoms with van der Waals surface area (Å²) in [7, 11) is 0. The molecule has 9 aromatic carbocycles. The number of rotatable bonds is 4. The molecule has 0 amide bonds. The number of fused-ring (bicyclic) bond motifs is 10. The average Bonchev–Trinajstić information content (AvgIpc) is 3.91. The number of hydrogen-bond acceptors (Lipinski definition) is 1. The van der Waals surface area contributed by atoms with E-state index in [1.807, 2.05) is 11.3 Å². The summed E-state index contributed by atoms with van der Waals surface area (Å²) in [4.78, 5) is 0. The van der Waals surface area contributed by atoms with Crippen LogP contribution in [-0.2, 0) is 0 Å². The standard InChI is InChI=1S/C53H33NS/c1-2-11-39(12-3-1)54-48-18-8-6-14-42(48)43-27-25-36(32-49(43)54)35-26-28-45-47(31-35)41-13-4-5-15-44(41)52(45)38-24-22-33-29-37(23-21-34(33)30-38)40-17-10-20-51-53(40)46-16-7-9-19-50(46)55-51/h1-32,52H. The summed E-state index contributed by atoms with van der Waals surface area (Å²) in [6.07, 6.45) is 0. The maximum Gasteiger partial charge on any atom is 0.0547 e. The monoisotopic (exact) mass is 715 g/mol. The fourth-order valence-electron chi connectivity index (χ4n) is 9.37. The Morgan fingerprint density at radius 2 is 1.05 bits per heavy atom. The van der Waals surface area contributed by atoms with Crippen molar-refractivity contribution in [1.29, 1.82) is 0 Å². The molecule has 2 heteroatoms. The van der Waals surface area contributed by atoms with Crippen molar-refractivity contribution in [1.82, 2.24) is 4.57 Å².